The molecule has 2 aromatic carbocycles. The third-order valence-corrected chi connectivity index (χ3v) is 6.84. The number of hydrogen-bond acceptors (Lipinski definition) is 4. The van der Waals surface area contributed by atoms with Gasteiger partial charge in [0, 0.05) is 30.8 Å². The largest absolute Gasteiger partial charge is 0.480 e. The molecule has 1 unspecified atom stereocenters. The molecular weight excluding hydrogens is 446 g/mol. The molecule has 2 heterocycles. The average Bonchev–Trinajstić information content (AvgIpc) is 3.61. The number of aromatic nitrogens is 1. The second-order valence-corrected chi connectivity index (χ2v) is 8.95. The maximum Gasteiger partial charge on any atom is 0.407 e. The molecule has 0 radical (unpaired) electrons. The van der Waals surface area contributed by atoms with Crippen LogP contribution in [0.15, 0.2) is 66.9 Å². The zero-order chi connectivity index (χ0) is 24.4. The first-order valence-electron chi connectivity index (χ1n) is 11.8. The lowest BCUT2D eigenvalue weighted by atomic mass is 9.98. The van der Waals surface area contributed by atoms with E-state index in [-0.39, 0.29) is 18.9 Å². The highest BCUT2D eigenvalue weighted by Crippen LogP contribution is 2.44. The van der Waals surface area contributed by atoms with Crippen LogP contribution in [0, 0.1) is 0 Å². The van der Waals surface area contributed by atoms with Gasteiger partial charge in [-0.05, 0) is 47.2 Å². The number of carboxylic acid groups (broad SMARTS) is 1. The lowest BCUT2D eigenvalue weighted by molar-refractivity contribution is -0.149. The topological polar surface area (TPSA) is 112 Å². The minimum absolute atomic E-state index is 0.0966. The van der Waals surface area contributed by atoms with E-state index in [0.717, 1.165) is 27.9 Å². The second-order valence-electron chi connectivity index (χ2n) is 8.95. The molecule has 5 rings (SSSR count). The summed E-state index contributed by atoms with van der Waals surface area (Å²) in [4.78, 5) is 42.2. The normalized spacial score (nSPS) is 17.5. The Hall–Kier alpha value is -4.07. The predicted octanol–water partition coefficient (Wildman–Crippen LogP) is 3.54. The number of rotatable bonds is 7. The van der Waals surface area contributed by atoms with Crippen LogP contribution in [-0.4, -0.2) is 58.2 Å². The molecule has 1 aromatic heterocycles. The molecule has 0 saturated carbocycles. The van der Waals surface area contributed by atoms with Gasteiger partial charge in [0.15, 0.2) is 0 Å². The molecule has 2 amide bonds. The van der Waals surface area contributed by atoms with E-state index < -0.39 is 30.1 Å². The monoisotopic (exact) mass is 473 g/mol. The predicted molar refractivity (Wildman–Crippen MR) is 129 cm³/mol. The number of carboxylic acids is 1. The number of H-pyrrole nitrogens is 1. The standard InChI is InChI=1S/C27H27N3O5/c31-25(30-14-6-12-24(30)26(32)33)23(15-17-7-5-13-28-17)29-27(34)35-16-22-20-10-3-1-8-18(20)19-9-2-4-11-21(19)22/h1-5,7-11,13,22-24,28H,6,12,14-16H2,(H,29,34)(H,32,33)/t23?,24-/m1/s1. The fourth-order valence-corrected chi connectivity index (χ4v) is 5.18. The Morgan fingerprint density at radius 1 is 1.03 bits per heavy atom. The highest BCUT2D eigenvalue weighted by molar-refractivity contribution is 5.90. The van der Waals surface area contributed by atoms with Crippen molar-refractivity contribution in [3.8, 4) is 11.1 Å². The molecule has 0 bridgehead atoms. The Morgan fingerprint density at radius 2 is 1.71 bits per heavy atom. The van der Waals surface area contributed by atoms with Crippen LogP contribution in [-0.2, 0) is 20.7 Å². The van der Waals surface area contributed by atoms with Crippen LogP contribution < -0.4 is 5.32 Å². The van der Waals surface area contributed by atoms with E-state index in [1.807, 2.05) is 42.5 Å². The number of amides is 2. The fourth-order valence-electron chi connectivity index (χ4n) is 5.18. The van der Waals surface area contributed by atoms with Crippen molar-refractivity contribution in [2.45, 2.75) is 37.3 Å². The highest BCUT2D eigenvalue weighted by atomic mass is 16.5. The number of aromatic amines is 1. The van der Waals surface area contributed by atoms with Gasteiger partial charge in [0.05, 0.1) is 0 Å². The van der Waals surface area contributed by atoms with Crippen molar-refractivity contribution >= 4 is 18.0 Å². The van der Waals surface area contributed by atoms with Gasteiger partial charge in [0.25, 0.3) is 0 Å². The first kappa shape index (κ1) is 22.7. The lowest BCUT2D eigenvalue weighted by Crippen LogP contribution is -2.52. The van der Waals surface area contributed by atoms with E-state index in [9.17, 15) is 19.5 Å². The number of nitrogens with zero attached hydrogens (tertiary/aromatic N) is 1. The van der Waals surface area contributed by atoms with Gasteiger partial charge in [-0.25, -0.2) is 9.59 Å². The number of nitrogens with one attached hydrogen (secondary N) is 2. The van der Waals surface area contributed by atoms with Gasteiger partial charge in [-0.15, -0.1) is 0 Å². The van der Waals surface area contributed by atoms with E-state index in [1.165, 1.54) is 4.90 Å². The van der Waals surface area contributed by atoms with Crippen molar-refractivity contribution in [3.05, 3.63) is 83.7 Å². The zero-order valence-corrected chi connectivity index (χ0v) is 19.1. The van der Waals surface area contributed by atoms with Crippen LogP contribution in [0.4, 0.5) is 4.79 Å². The van der Waals surface area contributed by atoms with E-state index in [2.05, 4.69) is 22.4 Å². The Labute approximate surface area is 202 Å². The lowest BCUT2D eigenvalue weighted by Gasteiger charge is -2.27. The van der Waals surface area contributed by atoms with Crippen molar-refractivity contribution in [1.82, 2.24) is 15.2 Å². The number of carbonyl (C=O) groups is 3. The number of aliphatic carboxylic acids is 1. The molecule has 1 fully saturated rings. The Balaban J connectivity index is 1.30. The molecular formula is C27H27N3O5. The van der Waals surface area contributed by atoms with E-state index >= 15 is 0 Å². The summed E-state index contributed by atoms with van der Waals surface area (Å²) in [6.45, 7) is 0.480. The average molecular weight is 474 g/mol. The third-order valence-electron chi connectivity index (χ3n) is 6.84. The van der Waals surface area contributed by atoms with Gasteiger partial charge in [-0.1, -0.05) is 48.5 Å². The van der Waals surface area contributed by atoms with Crippen LogP contribution in [0.2, 0.25) is 0 Å². The molecule has 2 atom stereocenters. The number of ether oxygens (including phenoxy) is 1. The number of hydrogen-bond donors (Lipinski definition) is 3. The van der Waals surface area contributed by atoms with Crippen LogP contribution in [0.3, 0.4) is 0 Å². The van der Waals surface area contributed by atoms with E-state index in [0.29, 0.717) is 19.4 Å². The van der Waals surface area contributed by atoms with Crippen molar-refractivity contribution < 1.29 is 24.2 Å². The summed E-state index contributed by atoms with van der Waals surface area (Å²) in [6, 6.07) is 17.9. The van der Waals surface area contributed by atoms with Gasteiger partial charge in [0.1, 0.15) is 18.7 Å². The number of alkyl carbamates (subject to hydrolysis) is 1. The summed E-state index contributed by atoms with van der Waals surface area (Å²) in [5.74, 6) is -1.55. The van der Waals surface area contributed by atoms with Crippen molar-refractivity contribution in [2.24, 2.45) is 0 Å². The molecule has 1 saturated heterocycles. The maximum absolute atomic E-state index is 13.3. The third kappa shape index (κ3) is 4.51. The summed E-state index contributed by atoms with van der Waals surface area (Å²) in [5.41, 5.74) is 5.22. The first-order valence-corrected chi connectivity index (χ1v) is 11.8. The quantitative estimate of drug-likeness (QED) is 0.486. The SMILES string of the molecule is O=C(NC(Cc1ccc[nH]1)C(=O)N1CCC[C@@H]1C(=O)O)OCC1c2ccccc2-c2ccccc21. The Morgan fingerprint density at radius 3 is 2.34 bits per heavy atom. The Bertz CT molecular complexity index is 1190. The van der Waals surface area contributed by atoms with Crippen LogP contribution in [0.25, 0.3) is 11.1 Å². The van der Waals surface area contributed by atoms with Gasteiger partial charge < -0.3 is 25.0 Å². The smallest absolute Gasteiger partial charge is 0.407 e. The second kappa shape index (κ2) is 9.66. The maximum atomic E-state index is 13.3. The minimum Gasteiger partial charge on any atom is -0.480 e. The minimum atomic E-state index is -1.03. The molecule has 0 spiro atoms. The molecule has 180 valence electrons. The molecule has 2 aliphatic rings. The summed E-state index contributed by atoms with van der Waals surface area (Å²) in [7, 11) is 0. The zero-order valence-electron chi connectivity index (χ0n) is 19.1. The highest BCUT2D eigenvalue weighted by Gasteiger charge is 2.38. The van der Waals surface area contributed by atoms with Crippen LogP contribution in [0.5, 0.6) is 0 Å². The van der Waals surface area contributed by atoms with Crippen molar-refractivity contribution in [3.63, 3.8) is 0 Å². The fraction of sp³-hybridized carbons (Fsp3) is 0.296. The van der Waals surface area contributed by atoms with Crippen molar-refractivity contribution in [1.29, 1.82) is 0 Å². The van der Waals surface area contributed by atoms with Gasteiger partial charge >= 0.3 is 12.1 Å². The van der Waals surface area contributed by atoms with Crippen LogP contribution in [0.1, 0.15) is 35.6 Å². The van der Waals surface area contributed by atoms with Gasteiger partial charge in [0.2, 0.25) is 5.91 Å². The summed E-state index contributed by atoms with van der Waals surface area (Å²) >= 11 is 0. The first-order chi connectivity index (χ1) is 17.0. The molecule has 8 heteroatoms. The van der Waals surface area contributed by atoms with Gasteiger partial charge in [-0.2, -0.15) is 0 Å². The molecule has 3 N–H and O–H groups in total. The number of carbonyl (C=O) groups excluding carboxylic acids is 2. The van der Waals surface area contributed by atoms with E-state index in [1.54, 1.807) is 12.3 Å². The van der Waals surface area contributed by atoms with Gasteiger partial charge in [-0.3, -0.25) is 4.79 Å². The van der Waals surface area contributed by atoms with Crippen molar-refractivity contribution in [2.75, 3.05) is 13.2 Å². The summed E-state index contributed by atoms with van der Waals surface area (Å²) < 4.78 is 5.63. The summed E-state index contributed by atoms with van der Waals surface area (Å²) in [6.07, 6.45) is 2.26. The molecule has 8 nitrogen and oxygen atoms in total. The molecule has 1 aliphatic heterocycles. The number of benzene rings is 2. The summed E-state index contributed by atoms with van der Waals surface area (Å²) in [5, 5.41) is 12.2. The number of likely N-dealkylation sites (tertiary alicyclic amines) is 1. The van der Waals surface area contributed by atoms with E-state index in [4.69, 9.17) is 4.74 Å². The molecule has 35 heavy (non-hydrogen) atoms. The molecule has 1 aliphatic carbocycles. The van der Waals surface area contributed by atoms with Crippen LogP contribution >= 0.6 is 0 Å². The Kier molecular flexibility index (Phi) is 6.27. The molecule has 3 aromatic rings. The number of fused-ring (bicyclic) bond motifs is 3.